The van der Waals surface area contributed by atoms with Gasteiger partial charge in [-0.1, -0.05) is 6.58 Å². The summed E-state index contributed by atoms with van der Waals surface area (Å²) < 4.78 is 1.84. The summed E-state index contributed by atoms with van der Waals surface area (Å²) in [7, 11) is 0. The predicted octanol–water partition coefficient (Wildman–Crippen LogP) is 1.14. The molecule has 0 fully saturated rings. The molecule has 2 N–H and O–H groups in total. The van der Waals surface area contributed by atoms with Gasteiger partial charge in [0.25, 0.3) is 0 Å². The van der Waals surface area contributed by atoms with Crippen molar-refractivity contribution in [3.63, 3.8) is 0 Å². The number of nitrogens with two attached hydrogens (primary N) is 1. The first kappa shape index (κ1) is 7.85. The standard InChI is InChI=1S/C8H13N3/c1-4-11-8(7(3)9)5-6(2)10-11/h5H,3-4,9H2,1-2H3. The van der Waals surface area contributed by atoms with Gasteiger partial charge < -0.3 is 5.73 Å². The monoisotopic (exact) mass is 151 g/mol. The molecule has 0 spiro atoms. The molecule has 1 aromatic rings. The molecule has 0 saturated heterocycles. The number of aromatic nitrogens is 2. The lowest BCUT2D eigenvalue weighted by Gasteiger charge is -2.01. The van der Waals surface area contributed by atoms with E-state index in [2.05, 4.69) is 11.7 Å². The van der Waals surface area contributed by atoms with Crippen molar-refractivity contribution in [2.45, 2.75) is 20.4 Å². The average molecular weight is 151 g/mol. The zero-order chi connectivity index (χ0) is 8.43. The van der Waals surface area contributed by atoms with Gasteiger partial charge in [-0.05, 0) is 19.9 Å². The van der Waals surface area contributed by atoms with Gasteiger partial charge in [-0.25, -0.2) is 0 Å². The number of aryl methyl sites for hydroxylation is 2. The molecular formula is C8H13N3. The third kappa shape index (κ3) is 1.42. The third-order valence-corrected chi connectivity index (χ3v) is 1.53. The number of hydrogen-bond donors (Lipinski definition) is 1. The highest BCUT2D eigenvalue weighted by atomic mass is 15.3. The Kier molecular flexibility index (Phi) is 1.98. The minimum Gasteiger partial charge on any atom is -0.397 e. The molecule has 3 nitrogen and oxygen atoms in total. The largest absolute Gasteiger partial charge is 0.397 e. The van der Waals surface area contributed by atoms with E-state index >= 15 is 0 Å². The molecule has 60 valence electrons. The number of hydrogen-bond acceptors (Lipinski definition) is 2. The van der Waals surface area contributed by atoms with Crippen LogP contribution in [0.5, 0.6) is 0 Å². The summed E-state index contributed by atoms with van der Waals surface area (Å²) in [6, 6.07) is 1.94. The molecule has 1 aromatic heterocycles. The topological polar surface area (TPSA) is 43.8 Å². The van der Waals surface area contributed by atoms with Crippen LogP contribution in [0.3, 0.4) is 0 Å². The fourth-order valence-electron chi connectivity index (χ4n) is 1.05. The van der Waals surface area contributed by atoms with Crippen LogP contribution >= 0.6 is 0 Å². The van der Waals surface area contributed by atoms with Gasteiger partial charge in [0, 0.05) is 12.2 Å². The second-order valence-corrected chi connectivity index (χ2v) is 2.51. The molecule has 0 unspecified atom stereocenters. The molecule has 0 aliphatic carbocycles. The minimum absolute atomic E-state index is 0.576. The Morgan fingerprint density at radius 2 is 2.45 bits per heavy atom. The van der Waals surface area contributed by atoms with E-state index in [1.54, 1.807) is 0 Å². The van der Waals surface area contributed by atoms with Crippen LogP contribution in [0.15, 0.2) is 12.6 Å². The highest BCUT2D eigenvalue weighted by Gasteiger charge is 2.03. The fraction of sp³-hybridized carbons (Fsp3) is 0.375. The average Bonchev–Trinajstić information content (AvgIpc) is 2.30. The summed E-state index contributed by atoms with van der Waals surface area (Å²) in [5.41, 5.74) is 8.03. The summed E-state index contributed by atoms with van der Waals surface area (Å²) in [6.45, 7) is 8.47. The maximum atomic E-state index is 5.55. The second kappa shape index (κ2) is 2.78. The third-order valence-electron chi connectivity index (χ3n) is 1.53. The van der Waals surface area contributed by atoms with Crippen molar-refractivity contribution in [1.29, 1.82) is 0 Å². The van der Waals surface area contributed by atoms with Gasteiger partial charge >= 0.3 is 0 Å². The van der Waals surface area contributed by atoms with E-state index < -0.39 is 0 Å². The van der Waals surface area contributed by atoms with Gasteiger partial charge in [-0.3, -0.25) is 4.68 Å². The lowest BCUT2D eigenvalue weighted by Crippen LogP contribution is -2.05. The highest BCUT2D eigenvalue weighted by Crippen LogP contribution is 2.08. The van der Waals surface area contributed by atoms with E-state index in [1.807, 2.05) is 24.6 Å². The number of rotatable bonds is 2. The lowest BCUT2D eigenvalue weighted by atomic mass is 10.3. The first-order chi connectivity index (χ1) is 5.15. The van der Waals surface area contributed by atoms with E-state index in [0.29, 0.717) is 5.70 Å². The van der Waals surface area contributed by atoms with E-state index in [-0.39, 0.29) is 0 Å². The van der Waals surface area contributed by atoms with Gasteiger partial charge in [0.1, 0.15) is 0 Å². The molecule has 0 aliphatic heterocycles. The van der Waals surface area contributed by atoms with Crippen LogP contribution in [0.4, 0.5) is 0 Å². The van der Waals surface area contributed by atoms with E-state index in [1.165, 1.54) is 0 Å². The Hall–Kier alpha value is -1.25. The normalized spacial score (nSPS) is 10.0. The van der Waals surface area contributed by atoms with Crippen molar-refractivity contribution in [1.82, 2.24) is 9.78 Å². The minimum atomic E-state index is 0.576. The Bertz CT molecular complexity index is 273. The van der Waals surface area contributed by atoms with Crippen molar-refractivity contribution in [2.24, 2.45) is 5.73 Å². The molecule has 0 amide bonds. The Labute approximate surface area is 66.5 Å². The van der Waals surface area contributed by atoms with Crippen LogP contribution < -0.4 is 5.73 Å². The summed E-state index contributed by atoms with van der Waals surface area (Å²) in [4.78, 5) is 0. The molecule has 0 radical (unpaired) electrons. The van der Waals surface area contributed by atoms with Gasteiger partial charge in [-0.2, -0.15) is 5.10 Å². The molecule has 0 saturated carbocycles. The van der Waals surface area contributed by atoms with Gasteiger partial charge in [-0.15, -0.1) is 0 Å². The zero-order valence-electron chi connectivity index (χ0n) is 6.96. The van der Waals surface area contributed by atoms with Crippen LogP contribution in [-0.2, 0) is 6.54 Å². The lowest BCUT2D eigenvalue weighted by molar-refractivity contribution is 0.645. The van der Waals surface area contributed by atoms with E-state index in [0.717, 1.165) is 17.9 Å². The predicted molar refractivity (Wildman–Crippen MR) is 45.9 cm³/mol. The SMILES string of the molecule is C=C(N)c1cc(C)nn1CC. The molecule has 3 heteroatoms. The first-order valence-corrected chi connectivity index (χ1v) is 3.64. The molecule has 1 rings (SSSR count). The molecule has 0 bridgehead atoms. The molecule has 0 atom stereocenters. The van der Waals surface area contributed by atoms with Crippen molar-refractivity contribution in [3.05, 3.63) is 24.0 Å². The summed E-state index contributed by atoms with van der Waals surface area (Å²) in [6.07, 6.45) is 0. The summed E-state index contributed by atoms with van der Waals surface area (Å²) in [5, 5.41) is 4.23. The molecule has 1 heterocycles. The molecular weight excluding hydrogens is 138 g/mol. The van der Waals surface area contributed by atoms with E-state index in [9.17, 15) is 0 Å². The maximum Gasteiger partial charge on any atom is 0.0835 e. The van der Waals surface area contributed by atoms with E-state index in [4.69, 9.17) is 5.73 Å². The smallest absolute Gasteiger partial charge is 0.0835 e. The quantitative estimate of drug-likeness (QED) is 0.688. The molecule has 0 aliphatic rings. The summed E-state index contributed by atoms with van der Waals surface area (Å²) in [5.74, 6) is 0. The maximum absolute atomic E-state index is 5.55. The van der Waals surface area contributed by atoms with Crippen molar-refractivity contribution in [2.75, 3.05) is 0 Å². The van der Waals surface area contributed by atoms with Gasteiger partial charge in [0.15, 0.2) is 0 Å². The van der Waals surface area contributed by atoms with Crippen molar-refractivity contribution >= 4 is 5.70 Å². The van der Waals surface area contributed by atoms with Crippen molar-refractivity contribution in [3.8, 4) is 0 Å². The zero-order valence-corrected chi connectivity index (χ0v) is 6.96. The second-order valence-electron chi connectivity index (χ2n) is 2.51. The van der Waals surface area contributed by atoms with Crippen molar-refractivity contribution < 1.29 is 0 Å². The molecule has 0 aromatic carbocycles. The Balaban J connectivity index is 3.12. The van der Waals surface area contributed by atoms with Crippen LogP contribution in [0.25, 0.3) is 5.70 Å². The van der Waals surface area contributed by atoms with Gasteiger partial charge in [0.05, 0.1) is 11.4 Å². The van der Waals surface area contributed by atoms with Crippen LogP contribution in [0.1, 0.15) is 18.3 Å². The first-order valence-electron chi connectivity index (χ1n) is 3.64. The Morgan fingerprint density at radius 3 is 2.82 bits per heavy atom. The fourth-order valence-corrected chi connectivity index (χ4v) is 1.05. The summed E-state index contributed by atoms with van der Waals surface area (Å²) >= 11 is 0. The Morgan fingerprint density at radius 1 is 1.82 bits per heavy atom. The van der Waals surface area contributed by atoms with Crippen LogP contribution in [0.2, 0.25) is 0 Å². The van der Waals surface area contributed by atoms with Crippen LogP contribution in [0, 0.1) is 6.92 Å². The van der Waals surface area contributed by atoms with Gasteiger partial charge in [0.2, 0.25) is 0 Å². The molecule has 11 heavy (non-hydrogen) atoms. The van der Waals surface area contributed by atoms with Crippen LogP contribution in [-0.4, -0.2) is 9.78 Å². The highest BCUT2D eigenvalue weighted by molar-refractivity contribution is 5.57. The number of nitrogens with zero attached hydrogens (tertiary/aromatic N) is 2.